The zero-order chi connectivity index (χ0) is 18.3. The molecule has 0 radical (unpaired) electrons. The SMILES string of the molecule is C[NH+]1CCc2c(sc3nc(SCC(=O)[O-])n(-c4ccccc4)c(=O)c23)C1. The number of nitrogens with zero attached hydrogens (tertiary/aromatic N) is 2. The summed E-state index contributed by atoms with van der Waals surface area (Å²) in [5, 5.41) is 12.0. The number of aliphatic carboxylic acids is 1. The minimum Gasteiger partial charge on any atom is -0.549 e. The molecule has 1 atom stereocenters. The van der Waals surface area contributed by atoms with Crippen molar-refractivity contribution < 1.29 is 14.8 Å². The van der Waals surface area contributed by atoms with Crippen LogP contribution in [-0.2, 0) is 17.8 Å². The highest BCUT2D eigenvalue weighted by Gasteiger charge is 2.26. The molecule has 1 aromatic carbocycles. The van der Waals surface area contributed by atoms with E-state index in [-0.39, 0.29) is 11.3 Å². The number of para-hydroxylation sites is 1. The molecule has 2 aromatic heterocycles. The Morgan fingerprint density at radius 3 is 2.88 bits per heavy atom. The largest absolute Gasteiger partial charge is 0.549 e. The molecule has 0 fully saturated rings. The average Bonchev–Trinajstić information content (AvgIpc) is 2.98. The predicted octanol–water partition coefficient (Wildman–Crippen LogP) is -0.140. The molecule has 0 spiro atoms. The fourth-order valence-corrected chi connectivity index (χ4v) is 5.37. The summed E-state index contributed by atoms with van der Waals surface area (Å²) in [6.07, 6.45) is 0.860. The number of benzene rings is 1. The van der Waals surface area contributed by atoms with Crippen molar-refractivity contribution in [2.24, 2.45) is 0 Å². The van der Waals surface area contributed by atoms with Gasteiger partial charge in [0.15, 0.2) is 5.16 Å². The van der Waals surface area contributed by atoms with E-state index in [1.165, 1.54) is 14.3 Å². The van der Waals surface area contributed by atoms with Gasteiger partial charge >= 0.3 is 0 Å². The smallest absolute Gasteiger partial charge is 0.267 e. The van der Waals surface area contributed by atoms with E-state index in [4.69, 9.17) is 0 Å². The lowest BCUT2D eigenvalue weighted by Gasteiger charge is -2.19. The predicted molar refractivity (Wildman–Crippen MR) is 100 cm³/mol. The zero-order valence-electron chi connectivity index (χ0n) is 14.2. The number of thiophene rings is 1. The number of hydrogen-bond donors (Lipinski definition) is 1. The highest BCUT2D eigenvalue weighted by molar-refractivity contribution is 7.99. The van der Waals surface area contributed by atoms with Crippen molar-refractivity contribution in [1.29, 1.82) is 0 Å². The molecule has 8 heteroatoms. The van der Waals surface area contributed by atoms with Crippen LogP contribution in [0.15, 0.2) is 40.3 Å². The lowest BCUT2D eigenvalue weighted by atomic mass is 10.1. The van der Waals surface area contributed by atoms with Crippen molar-refractivity contribution in [3.8, 4) is 5.69 Å². The topological polar surface area (TPSA) is 79.5 Å². The summed E-state index contributed by atoms with van der Waals surface area (Å²) >= 11 is 2.57. The van der Waals surface area contributed by atoms with Gasteiger partial charge in [-0.3, -0.25) is 9.36 Å². The third kappa shape index (κ3) is 3.04. The molecule has 4 rings (SSSR count). The zero-order valence-corrected chi connectivity index (χ0v) is 15.8. The number of aromatic nitrogens is 2. The lowest BCUT2D eigenvalue weighted by Crippen LogP contribution is -3.08. The Bertz CT molecular complexity index is 1040. The van der Waals surface area contributed by atoms with Crippen LogP contribution >= 0.6 is 23.1 Å². The molecule has 1 aliphatic rings. The minimum absolute atomic E-state index is 0.126. The number of carbonyl (C=O) groups excluding carboxylic acids is 1. The maximum atomic E-state index is 13.4. The number of quaternary nitrogens is 1. The van der Waals surface area contributed by atoms with E-state index in [0.29, 0.717) is 21.1 Å². The summed E-state index contributed by atoms with van der Waals surface area (Å²) in [4.78, 5) is 32.2. The Labute approximate surface area is 158 Å². The van der Waals surface area contributed by atoms with Crippen LogP contribution in [0.25, 0.3) is 15.9 Å². The molecule has 26 heavy (non-hydrogen) atoms. The molecule has 0 saturated heterocycles. The highest BCUT2D eigenvalue weighted by atomic mass is 32.2. The second-order valence-electron chi connectivity index (χ2n) is 6.35. The molecular formula is C18H17N3O3S2. The van der Waals surface area contributed by atoms with Crippen LogP contribution in [0, 0.1) is 0 Å². The summed E-state index contributed by atoms with van der Waals surface area (Å²) in [6.45, 7) is 1.88. The quantitative estimate of drug-likeness (QED) is 0.498. The summed E-state index contributed by atoms with van der Waals surface area (Å²) in [7, 11) is 2.14. The summed E-state index contributed by atoms with van der Waals surface area (Å²) < 4.78 is 1.52. The van der Waals surface area contributed by atoms with Crippen molar-refractivity contribution in [2.75, 3.05) is 19.3 Å². The van der Waals surface area contributed by atoms with Crippen LogP contribution in [0.3, 0.4) is 0 Å². The number of thioether (sulfide) groups is 1. The van der Waals surface area contributed by atoms with E-state index in [0.717, 1.165) is 36.8 Å². The molecular weight excluding hydrogens is 370 g/mol. The number of nitrogens with one attached hydrogen (secondary N) is 1. The van der Waals surface area contributed by atoms with Gasteiger partial charge in [0, 0.05) is 12.2 Å². The second kappa shape index (κ2) is 6.86. The molecule has 3 aromatic rings. The third-order valence-electron chi connectivity index (χ3n) is 4.48. The average molecular weight is 387 g/mol. The molecule has 0 saturated carbocycles. The number of carboxylic acids is 1. The van der Waals surface area contributed by atoms with Crippen molar-refractivity contribution in [3.05, 3.63) is 51.1 Å². The molecule has 0 bridgehead atoms. The monoisotopic (exact) mass is 387 g/mol. The second-order valence-corrected chi connectivity index (χ2v) is 8.38. The van der Waals surface area contributed by atoms with Gasteiger partial charge in [-0.1, -0.05) is 30.0 Å². The van der Waals surface area contributed by atoms with Gasteiger partial charge in [0.1, 0.15) is 11.4 Å². The lowest BCUT2D eigenvalue weighted by molar-refractivity contribution is -0.895. The normalized spacial score (nSPS) is 16.6. The van der Waals surface area contributed by atoms with E-state index in [1.807, 2.05) is 30.3 Å². The van der Waals surface area contributed by atoms with Crippen molar-refractivity contribution in [1.82, 2.24) is 9.55 Å². The van der Waals surface area contributed by atoms with E-state index in [2.05, 4.69) is 12.0 Å². The number of likely N-dealkylation sites (N-methyl/N-ethyl adjacent to an activating group) is 1. The molecule has 0 aliphatic carbocycles. The number of fused-ring (bicyclic) bond motifs is 3. The van der Waals surface area contributed by atoms with E-state index in [1.54, 1.807) is 11.3 Å². The molecule has 0 amide bonds. The van der Waals surface area contributed by atoms with E-state index < -0.39 is 5.97 Å². The maximum Gasteiger partial charge on any atom is 0.267 e. The van der Waals surface area contributed by atoms with Crippen LogP contribution in [0.1, 0.15) is 10.4 Å². The van der Waals surface area contributed by atoms with E-state index >= 15 is 0 Å². The molecule has 1 unspecified atom stereocenters. The van der Waals surface area contributed by atoms with Gasteiger partial charge in [0.25, 0.3) is 5.56 Å². The fraction of sp³-hybridized carbons (Fsp3) is 0.278. The third-order valence-corrected chi connectivity index (χ3v) is 6.51. The van der Waals surface area contributed by atoms with Crippen LogP contribution < -0.4 is 15.6 Å². The Kier molecular flexibility index (Phi) is 4.56. The molecule has 3 heterocycles. The Hall–Kier alpha value is -2.16. The highest BCUT2D eigenvalue weighted by Crippen LogP contribution is 2.31. The van der Waals surface area contributed by atoms with Gasteiger partial charge in [0.2, 0.25) is 0 Å². The van der Waals surface area contributed by atoms with Crippen LogP contribution in [-0.4, -0.2) is 34.9 Å². The van der Waals surface area contributed by atoms with Crippen molar-refractivity contribution >= 4 is 39.3 Å². The fourth-order valence-electron chi connectivity index (χ4n) is 3.27. The summed E-state index contributed by atoms with van der Waals surface area (Å²) in [6, 6.07) is 9.23. The maximum absolute atomic E-state index is 13.4. The first-order valence-corrected chi connectivity index (χ1v) is 10.1. The first-order chi connectivity index (χ1) is 12.5. The summed E-state index contributed by atoms with van der Waals surface area (Å²) in [5.41, 5.74) is 1.67. The van der Waals surface area contributed by atoms with Crippen molar-refractivity contribution in [2.45, 2.75) is 18.1 Å². The van der Waals surface area contributed by atoms with Gasteiger partial charge in [-0.25, -0.2) is 4.98 Å². The van der Waals surface area contributed by atoms with Crippen molar-refractivity contribution in [3.63, 3.8) is 0 Å². The summed E-state index contributed by atoms with van der Waals surface area (Å²) in [5.74, 6) is -1.43. The van der Waals surface area contributed by atoms with Crippen LogP contribution in [0.4, 0.5) is 0 Å². The minimum atomic E-state index is -1.18. The van der Waals surface area contributed by atoms with Crippen LogP contribution in [0.5, 0.6) is 0 Å². The Balaban J connectivity index is 1.96. The van der Waals surface area contributed by atoms with E-state index in [9.17, 15) is 14.7 Å². The Morgan fingerprint density at radius 1 is 1.38 bits per heavy atom. The number of carbonyl (C=O) groups is 1. The van der Waals surface area contributed by atoms with Crippen LogP contribution in [0.2, 0.25) is 0 Å². The first-order valence-electron chi connectivity index (χ1n) is 8.31. The van der Waals surface area contributed by atoms with Gasteiger partial charge in [-0.2, -0.15) is 0 Å². The van der Waals surface area contributed by atoms with Gasteiger partial charge in [0.05, 0.1) is 35.5 Å². The van der Waals surface area contributed by atoms with Gasteiger partial charge in [-0.05, 0) is 17.7 Å². The molecule has 1 aliphatic heterocycles. The Morgan fingerprint density at radius 2 is 2.15 bits per heavy atom. The van der Waals surface area contributed by atoms with Gasteiger partial charge < -0.3 is 14.8 Å². The molecule has 1 N–H and O–H groups in total. The number of hydrogen-bond acceptors (Lipinski definition) is 6. The number of carboxylic acid groups (broad SMARTS) is 1. The molecule has 134 valence electrons. The number of rotatable bonds is 4. The molecule has 6 nitrogen and oxygen atoms in total. The standard InChI is InChI=1S/C18H17N3O3S2/c1-20-8-7-12-13(9-20)26-16-15(12)17(24)21(11-5-3-2-4-6-11)18(19-16)25-10-14(22)23/h2-6H,7-10H2,1H3,(H,22,23). The first kappa shape index (κ1) is 17.3. The van der Waals surface area contributed by atoms with Gasteiger partial charge in [-0.15, -0.1) is 11.3 Å².